The van der Waals surface area contributed by atoms with Crippen LogP contribution in [0.2, 0.25) is 0 Å². The van der Waals surface area contributed by atoms with Gasteiger partial charge in [0.15, 0.2) is 9.84 Å². The summed E-state index contributed by atoms with van der Waals surface area (Å²) >= 11 is 1.58. The number of aliphatic hydroxyl groups excluding tert-OH is 1. The summed E-state index contributed by atoms with van der Waals surface area (Å²) in [5.41, 5.74) is 7.36. The number of piperidine rings is 1. The van der Waals surface area contributed by atoms with E-state index in [0.717, 1.165) is 117 Å². The van der Waals surface area contributed by atoms with Crippen molar-refractivity contribution in [3.05, 3.63) is 89.3 Å². The van der Waals surface area contributed by atoms with Gasteiger partial charge >= 0.3 is 0 Å². The van der Waals surface area contributed by atoms with Crippen LogP contribution in [-0.4, -0.2) is 154 Å². The molecule has 3 aromatic carbocycles. The van der Waals surface area contributed by atoms with Gasteiger partial charge < -0.3 is 45.8 Å². The van der Waals surface area contributed by atoms with E-state index in [1.165, 1.54) is 11.2 Å². The van der Waals surface area contributed by atoms with Crippen LogP contribution < -0.4 is 30.9 Å². The largest absolute Gasteiger partial charge is 0.494 e. The number of ether oxygens (including phenoxy) is 1. The van der Waals surface area contributed by atoms with Crippen LogP contribution in [0, 0.1) is 19.3 Å². The summed E-state index contributed by atoms with van der Waals surface area (Å²) in [5.74, 6) is 0.384. The maximum Gasteiger partial charge on any atom is 0.246 e. The molecule has 5 heterocycles. The van der Waals surface area contributed by atoms with E-state index in [4.69, 9.17) is 4.74 Å². The number of β-amino-alcohol motifs (C(OH)–C–C–N with tert-alkyl or cyclic N) is 1. The number of para-hydroxylation sites is 1. The average Bonchev–Trinajstić information content (AvgIpc) is 4.29. The molecule has 83 heavy (non-hydrogen) atoms. The molecular formula is C61H84N12O8S2. The van der Waals surface area contributed by atoms with Crippen LogP contribution in [0.3, 0.4) is 0 Å². The molecule has 20 nitrogen and oxygen atoms in total. The highest BCUT2D eigenvalue weighted by molar-refractivity contribution is 7.92. The molecule has 5 N–H and O–H groups in total. The van der Waals surface area contributed by atoms with Crippen molar-refractivity contribution < 1.29 is 37.4 Å². The zero-order valence-electron chi connectivity index (χ0n) is 49.4. The molecule has 0 aliphatic carbocycles. The van der Waals surface area contributed by atoms with Gasteiger partial charge in [0.2, 0.25) is 35.5 Å². The maximum absolute atomic E-state index is 14.1. The lowest BCUT2D eigenvalue weighted by Crippen LogP contribution is -2.57. The van der Waals surface area contributed by atoms with E-state index in [2.05, 4.69) is 57.9 Å². The van der Waals surface area contributed by atoms with Crippen LogP contribution in [-0.2, 0) is 35.6 Å². The number of sulfone groups is 1. The molecule has 0 saturated carbocycles. The molecule has 3 aliphatic heterocycles. The van der Waals surface area contributed by atoms with Gasteiger partial charge in [-0.25, -0.2) is 23.4 Å². The lowest BCUT2D eigenvalue weighted by molar-refractivity contribution is -0.144. The van der Waals surface area contributed by atoms with Crippen molar-refractivity contribution >= 4 is 73.8 Å². The Hall–Kier alpha value is -6.75. The molecule has 3 saturated heterocycles. The summed E-state index contributed by atoms with van der Waals surface area (Å²) < 4.78 is 31.9. The second kappa shape index (κ2) is 28.2. The minimum Gasteiger partial charge on any atom is -0.494 e. The van der Waals surface area contributed by atoms with Crippen LogP contribution in [0.25, 0.3) is 10.4 Å². The zero-order valence-corrected chi connectivity index (χ0v) is 51.1. The van der Waals surface area contributed by atoms with E-state index >= 15 is 0 Å². The first-order chi connectivity index (χ1) is 39.7. The summed E-state index contributed by atoms with van der Waals surface area (Å²) in [4.78, 5) is 81.3. The van der Waals surface area contributed by atoms with Gasteiger partial charge in [-0.2, -0.15) is 4.98 Å². The van der Waals surface area contributed by atoms with Crippen molar-refractivity contribution in [3.63, 3.8) is 0 Å². The Kier molecular flexibility index (Phi) is 21.2. The van der Waals surface area contributed by atoms with Crippen LogP contribution in [0.5, 0.6) is 5.75 Å². The molecule has 0 bridgehead atoms. The smallest absolute Gasteiger partial charge is 0.246 e. The van der Waals surface area contributed by atoms with E-state index in [1.807, 2.05) is 74.5 Å². The van der Waals surface area contributed by atoms with Crippen molar-refractivity contribution in [1.82, 2.24) is 45.3 Å². The number of aryl methyl sites for hydroxylation is 2. The monoisotopic (exact) mass is 1180 g/mol. The molecule has 22 heteroatoms. The quantitative estimate of drug-likeness (QED) is 0.0365. The third-order valence-corrected chi connectivity index (χ3v) is 19.3. The Bertz CT molecular complexity index is 3140. The van der Waals surface area contributed by atoms with Crippen LogP contribution in [0.15, 0.2) is 77.4 Å². The number of hydrogen-bond donors (Lipinski definition) is 5. The normalized spacial score (nSPS) is 17.6. The summed E-state index contributed by atoms with van der Waals surface area (Å²) in [7, 11) is -1.92. The van der Waals surface area contributed by atoms with E-state index in [-0.39, 0.29) is 66.4 Å². The summed E-state index contributed by atoms with van der Waals surface area (Å²) in [6, 6.07) is 17.4. The number of carbonyl (C=O) groups is 4. The highest BCUT2D eigenvalue weighted by Gasteiger charge is 2.44. The van der Waals surface area contributed by atoms with Gasteiger partial charge in [-0.1, -0.05) is 82.9 Å². The van der Waals surface area contributed by atoms with Gasteiger partial charge in [0.1, 0.15) is 24.2 Å². The number of anilines is 5. The summed E-state index contributed by atoms with van der Waals surface area (Å²) in [6.07, 6.45) is 8.72. The second-order valence-electron chi connectivity index (χ2n) is 23.5. The highest BCUT2D eigenvalue weighted by atomic mass is 32.2. The number of methoxy groups -OCH3 is 1. The van der Waals surface area contributed by atoms with Crippen LogP contribution in [0.4, 0.5) is 29.0 Å². The van der Waals surface area contributed by atoms with E-state index in [1.54, 1.807) is 56.6 Å². The number of piperazine rings is 1. The minimum absolute atomic E-state index is 0.0204. The third kappa shape index (κ3) is 16.1. The lowest BCUT2D eigenvalue weighted by atomic mass is 9.85. The molecule has 448 valence electrons. The van der Waals surface area contributed by atoms with Crippen molar-refractivity contribution in [2.75, 3.05) is 68.5 Å². The fourth-order valence-electron chi connectivity index (χ4n) is 11.3. The van der Waals surface area contributed by atoms with E-state index < -0.39 is 38.7 Å². The predicted octanol–water partition coefficient (Wildman–Crippen LogP) is 8.33. The van der Waals surface area contributed by atoms with Gasteiger partial charge in [-0.15, -0.1) is 11.3 Å². The number of likely N-dealkylation sites (tertiary alicyclic amines) is 1. The Balaban J connectivity index is 0.701. The Morgan fingerprint density at radius 3 is 2.11 bits per heavy atom. The number of unbranched alkanes of at least 4 members (excludes halogenated alkanes) is 5. The van der Waals surface area contributed by atoms with Gasteiger partial charge in [0.25, 0.3) is 0 Å². The van der Waals surface area contributed by atoms with E-state index in [9.17, 15) is 32.7 Å². The van der Waals surface area contributed by atoms with Crippen molar-refractivity contribution in [2.24, 2.45) is 5.41 Å². The number of rotatable bonds is 24. The first-order valence-corrected chi connectivity index (χ1v) is 31.7. The number of aliphatic hydroxyl groups is 1. The van der Waals surface area contributed by atoms with Crippen LogP contribution in [0.1, 0.15) is 122 Å². The third-order valence-electron chi connectivity index (χ3n) is 16.1. The topological polar surface area (TPSA) is 245 Å². The molecular weight excluding hydrogens is 1090 g/mol. The van der Waals surface area contributed by atoms with E-state index in [0.29, 0.717) is 36.0 Å². The number of hydrogen-bond acceptors (Lipinski definition) is 17. The molecule has 0 spiro atoms. The van der Waals surface area contributed by atoms with Gasteiger partial charge in [0, 0.05) is 89.4 Å². The number of nitrogens with zero attached hydrogens (tertiary/aromatic N) is 8. The summed E-state index contributed by atoms with van der Waals surface area (Å²) in [5, 5.41) is 22.3. The molecule has 3 atom stereocenters. The molecule has 4 amide bonds. The molecule has 0 unspecified atom stereocenters. The molecule has 2 aromatic heterocycles. The SMILES string of the molecule is COc1cc(N2CCC(N3CCN(C(=O)CCCCCCCCC(=O)N[C@H](C(=O)N4C[C@H](O)C[C@H]4C(=O)NCc4ccc(-c5scnc5C)cc4)C(C)(C)C)CC3)CC2)c(C)cc1Nc1ncnc(Nc2ccccc2S(=O)(=O)C(C)C)n1. The molecule has 8 rings (SSSR count). The van der Waals surface area contributed by atoms with Crippen molar-refractivity contribution in [2.45, 2.75) is 160 Å². The Morgan fingerprint density at radius 2 is 1.47 bits per heavy atom. The number of aromatic nitrogens is 4. The molecule has 3 fully saturated rings. The fraction of sp³-hybridized carbons (Fsp3) is 0.541. The Labute approximate surface area is 493 Å². The van der Waals surface area contributed by atoms with Gasteiger partial charge in [-0.05, 0) is 93.7 Å². The number of benzene rings is 3. The Morgan fingerprint density at radius 1 is 0.819 bits per heavy atom. The molecule has 3 aliphatic rings. The maximum atomic E-state index is 14.1. The van der Waals surface area contributed by atoms with Crippen LogP contribution >= 0.6 is 11.3 Å². The summed E-state index contributed by atoms with van der Waals surface area (Å²) in [6.45, 7) is 18.3. The predicted molar refractivity (Wildman–Crippen MR) is 325 cm³/mol. The average molecular weight is 1180 g/mol. The number of thiazole rings is 1. The van der Waals surface area contributed by atoms with Crippen molar-refractivity contribution in [3.8, 4) is 16.2 Å². The number of amides is 4. The van der Waals surface area contributed by atoms with Gasteiger partial charge in [0.05, 0.1) is 50.8 Å². The minimum atomic E-state index is -3.56. The molecule has 0 radical (unpaired) electrons. The standard InChI is InChI=1S/C61H84N12O8S2/c1-40(2)83(79,80)52-18-16-15-17-47(52)66-59-63-38-64-60(69-59)67-48-33-41(3)49(35-51(48)81-8)71-27-25-45(26-28-71)70-29-31-72(32-30-70)54(76)20-14-12-10-9-11-13-19-53(75)68-56(61(5,6)7)58(78)73-37-46(74)34-50(73)57(77)62-36-43-21-23-44(24-22-43)55-42(4)65-39-82-55/h15-18,21-24,33,35,38-40,45-46,50,56,74H,9-14,19-20,25-32,34,36-37H2,1-8H3,(H,62,77)(H,68,75)(H2,63,64,66,67,69)/t46-,50+,56-/m1/s1. The lowest BCUT2D eigenvalue weighted by Gasteiger charge is -2.43. The fourth-order valence-corrected chi connectivity index (χ4v) is 13.3. The second-order valence-corrected chi connectivity index (χ2v) is 26.8. The first-order valence-electron chi connectivity index (χ1n) is 29.3. The first kappa shape index (κ1) is 62.3. The number of nitrogens with one attached hydrogen (secondary N) is 4. The van der Waals surface area contributed by atoms with Gasteiger partial charge in [-0.3, -0.25) is 24.1 Å². The zero-order chi connectivity index (χ0) is 59.4. The molecule has 5 aromatic rings. The van der Waals surface area contributed by atoms with Crippen molar-refractivity contribution in [1.29, 1.82) is 0 Å². The number of carbonyl (C=O) groups excluding carboxylic acids is 4. The highest BCUT2D eigenvalue weighted by Crippen LogP contribution is 2.37.